The van der Waals surface area contributed by atoms with E-state index in [1.165, 1.54) is 29.7 Å². The monoisotopic (exact) mass is 437 g/mol. The van der Waals surface area contributed by atoms with E-state index >= 15 is 0 Å². The van der Waals surface area contributed by atoms with Crippen LogP contribution in [0.25, 0.3) is 16.7 Å². The van der Waals surface area contributed by atoms with E-state index in [4.69, 9.17) is 10.4 Å². The summed E-state index contributed by atoms with van der Waals surface area (Å²) in [4.78, 5) is 31.1. The van der Waals surface area contributed by atoms with Crippen molar-refractivity contribution in [1.29, 1.82) is 5.41 Å². The lowest BCUT2D eigenvalue weighted by Gasteiger charge is -2.21. The zero-order chi connectivity index (χ0) is 23.5. The normalized spacial score (nSPS) is 11.9. The molecule has 0 aromatic carbocycles. The number of amides is 1. The molecule has 3 rings (SSSR count). The lowest BCUT2D eigenvalue weighted by Crippen LogP contribution is -2.43. The lowest BCUT2D eigenvalue weighted by atomic mass is 10.1. The van der Waals surface area contributed by atoms with Gasteiger partial charge >= 0.3 is 0 Å². The average Bonchev–Trinajstić information content (AvgIpc) is 2.71. The first-order chi connectivity index (χ1) is 15.1. The maximum absolute atomic E-state index is 13.3. The molecule has 7 nitrogen and oxygen atoms in total. The molecule has 3 heterocycles. The quantitative estimate of drug-likeness (QED) is 0.406. The Labute approximate surface area is 189 Å². The molecule has 0 bridgehead atoms. The number of hydrogen-bond donors (Lipinski definition) is 2. The minimum atomic E-state index is -0.448. The first kappa shape index (κ1) is 23.7. The average molecular weight is 438 g/mol. The maximum atomic E-state index is 13.3. The Morgan fingerprint density at radius 2 is 1.81 bits per heavy atom. The molecule has 1 amide bonds. The van der Waals surface area contributed by atoms with Crippen molar-refractivity contribution in [3.63, 3.8) is 0 Å². The molecule has 0 radical (unpaired) electrons. The Morgan fingerprint density at radius 3 is 2.50 bits per heavy atom. The van der Waals surface area contributed by atoms with E-state index in [1.54, 1.807) is 10.8 Å². The van der Waals surface area contributed by atoms with Crippen LogP contribution in [0.4, 0.5) is 0 Å². The van der Waals surface area contributed by atoms with Gasteiger partial charge in [0.1, 0.15) is 16.8 Å². The van der Waals surface area contributed by atoms with Crippen molar-refractivity contribution in [2.45, 2.75) is 85.2 Å². The van der Waals surface area contributed by atoms with Gasteiger partial charge in [-0.15, -0.1) is 0 Å². The summed E-state index contributed by atoms with van der Waals surface area (Å²) in [5, 5.41) is 12.1. The molecular formula is C25H35N5O2. The van der Waals surface area contributed by atoms with Crippen LogP contribution < -0.4 is 16.4 Å². The largest absolute Gasteiger partial charge is 0.347 e. The van der Waals surface area contributed by atoms with Crippen LogP contribution in [-0.4, -0.2) is 25.4 Å². The van der Waals surface area contributed by atoms with Crippen molar-refractivity contribution in [2.24, 2.45) is 0 Å². The lowest BCUT2D eigenvalue weighted by molar-refractivity contribution is 0.0917. The maximum Gasteiger partial charge on any atom is 0.267 e. The standard InChI is InChI=1S/C25H35N5O2/c1-6-7-8-9-10-11-14-29-20(26)18(23(31)28-25(3,4)5)16-19-22(29)27-21-17(2)13-12-15-30(21)24(19)32/h12-13,15-16,26H,6-11,14H2,1-5H3,(H,28,31). The third-order valence-electron chi connectivity index (χ3n) is 5.60. The fourth-order valence-corrected chi connectivity index (χ4v) is 3.95. The summed E-state index contributed by atoms with van der Waals surface area (Å²) in [6, 6.07) is 5.26. The number of aromatic nitrogens is 3. The zero-order valence-corrected chi connectivity index (χ0v) is 19.9. The van der Waals surface area contributed by atoms with Crippen molar-refractivity contribution < 1.29 is 4.79 Å². The topological polar surface area (TPSA) is 92.2 Å². The highest BCUT2D eigenvalue weighted by Crippen LogP contribution is 2.15. The van der Waals surface area contributed by atoms with Crippen LogP contribution in [-0.2, 0) is 6.54 Å². The Balaban J connectivity index is 2.15. The number of nitrogens with zero attached hydrogens (tertiary/aromatic N) is 3. The molecule has 2 N–H and O–H groups in total. The second-order valence-corrected chi connectivity index (χ2v) is 9.57. The van der Waals surface area contributed by atoms with Gasteiger partial charge < -0.3 is 9.88 Å². The fraction of sp³-hybridized carbons (Fsp3) is 0.520. The highest BCUT2D eigenvalue weighted by atomic mass is 16.2. The van der Waals surface area contributed by atoms with Gasteiger partial charge in [0.05, 0.1) is 10.9 Å². The van der Waals surface area contributed by atoms with Gasteiger partial charge in [-0.25, -0.2) is 4.98 Å². The Hall–Kier alpha value is -2.96. The van der Waals surface area contributed by atoms with Crippen LogP contribution in [0.15, 0.2) is 29.2 Å². The van der Waals surface area contributed by atoms with Crippen LogP contribution in [0.2, 0.25) is 0 Å². The number of hydrogen-bond acceptors (Lipinski definition) is 4. The molecule has 0 aliphatic rings. The van der Waals surface area contributed by atoms with Crippen LogP contribution >= 0.6 is 0 Å². The molecule has 3 aromatic heterocycles. The molecule has 0 saturated heterocycles. The number of rotatable bonds is 8. The smallest absolute Gasteiger partial charge is 0.267 e. The third kappa shape index (κ3) is 5.09. The van der Waals surface area contributed by atoms with Crippen LogP contribution in [0, 0.1) is 12.3 Å². The Bertz CT molecular complexity index is 1250. The summed E-state index contributed by atoms with van der Waals surface area (Å²) < 4.78 is 3.25. The predicted molar refractivity (Wildman–Crippen MR) is 128 cm³/mol. The number of carbonyl (C=O) groups is 1. The summed E-state index contributed by atoms with van der Waals surface area (Å²) in [6.07, 6.45) is 8.37. The highest BCUT2D eigenvalue weighted by Gasteiger charge is 2.21. The predicted octanol–water partition coefficient (Wildman–Crippen LogP) is 4.33. The van der Waals surface area contributed by atoms with Crippen molar-refractivity contribution in [3.05, 3.63) is 51.4 Å². The van der Waals surface area contributed by atoms with E-state index in [2.05, 4.69) is 12.2 Å². The molecule has 0 aliphatic carbocycles. The van der Waals surface area contributed by atoms with Gasteiger partial charge in [0, 0.05) is 18.3 Å². The number of carbonyl (C=O) groups excluding carboxylic acids is 1. The van der Waals surface area contributed by atoms with Gasteiger partial charge in [-0.05, 0) is 51.8 Å². The molecule has 7 heteroatoms. The molecule has 172 valence electrons. The first-order valence-electron chi connectivity index (χ1n) is 11.6. The SMILES string of the molecule is CCCCCCCCn1c(=N)c(C(=O)NC(C)(C)C)cc2c(=O)n3cccc(C)c3nc21. The van der Waals surface area contributed by atoms with Gasteiger partial charge in [0.2, 0.25) is 0 Å². The van der Waals surface area contributed by atoms with Gasteiger partial charge in [-0.3, -0.25) is 19.4 Å². The van der Waals surface area contributed by atoms with E-state index < -0.39 is 5.54 Å². The van der Waals surface area contributed by atoms with Crippen LogP contribution in [0.5, 0.6) is 0 Å². The minimum Gasteiger partial charge on any atom is -0.347 e. The van der Waals surface area contributed by atoms with Crippen molar-refractivity contribution in [1.82, 2.24) is 19.3 Å². The number of aryl methyl sites for hydroxylation is 2. The van der Waals surface area contributed by atoms with E-state index in [0.29, 0.717) is 23.2 Å². The summed E-state index contributed by atoms with van der Waals surface area (Å²) in [5.74, 6) is -0.352. The second kappa shape index (κ2) is 9.67. The highest BCUT2D eigenvalue weighted by molar-refractivity contribution is 5.97. The van der Waals surface area contributed by atoms with Crippen LogP contribution in [0.3, 0.4) is 0 Å². The molecule has 3 aromatic rings. The van der Waals surface area contributed by atoms with Gasteiger partial charge in [0.15, 0.2) is 0 Å². The van der Waals surface area contributed by atoms with Crippen molar-refractivity contribution in [3.8, 4) is 0 Å². The molecule has 0 atom stereocenters. The fourth-order valence-electron chi connectivity index (χ4n) is 3.95. The van der Waals surface area contributed by atoms with Gasteiger partial charge in [0.25, 0.3) is 11.5 Å². The van der Waals surface area contributed by atoms with E-state index in [-0.39, 0.29) is 22.5 Å². The third-order valence-corrected chi connectivity index (χ3v) is 5.60. The molecule has 0 unspecified atom stereocenters. The Kier molecular flexibility index (Phi) is 7.16. The van der Waals surface area contributed by atoms with E-state index in [9.17, 15) is 9.59 Å². The molecule has 0 saturated carbocycles. The molecule has 0 aliphatic heterocycles. The van der Waals surface area contributed by atoms with Crippen molar-refractivity contribution >= 4 is 22.6 Å². The van der Waals surface area contributed by atoms with Crippen LogP contribution in [0.1, 0.15) is 82.1 Å². The Morgan fingerprint density at radius 1 is 1.12 bits per heavy atom. The van der Waals surface area contributed by atoms with Crippen molar-refractivity contribution in [2.75, 3.05) is 0 Å². The summed E-state index contributed by atoms with van der Waals surface area (Å²) in [7, 11) is 0. The molecule has 0 spiro atoms. The molecule has 32 heavy (non-hydrogen) atoms. The first-order valence-corrected chi connectivity index (χ1v) is 11.6. The van der Waals surface area contributed by atoms with E-state index in [1.807, 2.05) is 39.8 Å². The molecular weight excluding hydrogens is 402 g/mol. The van der Waals surface area contributed by atoms with Gasteiger partial charge in [-0.1, -0.05) is 45.1 Å². The second-order valence-electron chi connectivity index (χ2n) is 9.57. The van der Waals surface area contributed by atoms with Gasteiger partial charge in [-0.2, -0.15) is 0 Å². The van der Waals surface area contributed by atoms with E-state index in [0.717, 1.165) is 24.8 Å². The number of nitrogens with one attached hydrogen (secondary N) is 2. The summed E-state index contributed by atoms with van der Waals surface area (Å²) in [6.45, 7) is 10.3. The number of unbranched alkanes of at least 4 members (excludes halogenated alkanes) is 5. The molecule has 0 fully saturated rings. The minimum absolute atomic E-state index is 0.0950. The zero-order valence-electron chi connectivity index (χ0n) is 19.9. The number of fused-ring (bicyclic) bond motifs is 2. The summed E-state index contributed by atoms with van der Waals surface area (Å²) >= 11 is 0. The number of pyridine rings is 2. The summed E-state index contributed by atoms with van der Waals surface area (Å²) in [5.41, 5.74) is 1.55.